The van der Waals surface area contributed by atoms with Crippen LogP contribution in [-0.4, -0.2) is 30.1 Å². The number of hydrogen-bond donors (Lipinski definition) is 1. The van der Waals surface area contributed by atoms with Gasteiger partial charge >= 0.3 is 0 Å². The number of tetrazole rings is 1. The van der Waals surface area contributed by atoms with Gasteiger partial charge in [-0.25, -0.2) is 4.68 Å². The zero-order valence-corrected chi connectivity index (χ0v) is 22.3. The lowest BCUT2D eigenvalue weighted by atomic mass is 10.0. The Kier molecular flexibility index (Phi) is 7.75. The normalized spacial score (nSPS) is 12.3. The summed E-state index contributed by atoms with van der Waals surface area (Å²) in [5.41, 5.74) is 6.28. The van der Waals surface area contributed by atoms with Crippen LogP contribution in [0, 0.1) is 13.8 Å². The number of aromatic nitrogens is 5. The van der Waals surface area contributed by atoms with Gasteiger partial charge in [0.05, 0.1) is 6.04 Å². The highest BCUT2D eigenvalue weighted by Crippen LogP contribution is 2.27. The number of hydrogen-bond acceptors (Lipinski definition) is 5. The van der Waals surface area contributed by atoms with Gasteiger partial charge in [-0.15, -0.1) is 5.10 Å². The number of rotatable bonds is 10. The summed E-state index contributed by atoms with van der Waals surface area (Å²) in [4.78, 5) is 18.7. The van der Waals surface area contributed by atoms with Crippen LogP contribution < -0.4 is 5.56 Å². The third-order valence-electron chi connectivity index (χ3n) is 7.13. The first-order chi connectivity index (χ1) is 18.5. The number of H-pyrrole nitrogens is 1. The molecule has 2 aromatic heterocycles. The van der Waals surface area contributed by atoms with Gasteiger partial charge in [0, 0.05) is 36.1 Å². The van der Waals surface area contributed by atoms with E-state index in [4.69, 9.17) is 0 Å². The molecule has 3 aromatic carbocycles. The number of aromatic amines is 1. The predicted molar refractivity (Wildman–Crippen MR) is 151 cm³/mol. The molecule has 0 radical (unpaired) electrons. The molecule has 1 atom stereocenters. The van der Waals surface area contributed by atoms with Gasteiger partial charge in [-0.2, -0.15) is 0 Å². The van der Waals surface area contributed by atoms with Crippen LogP contribution >= 0.6 is 0 Å². The van der Waals surface area contributed by atoms with E-state index < -0.39 is 0 Å². The minimum Gasteiger partial charge on any atom is -0.322 e. The molecule has 38 heavy (non-hydrogen) atoms. The minimum atomic E-state index is -0.0600. The number of aryl methyl sites for hydroxylation is 4. The first-order valence-electron chi connectivity index (χ1n) is 13.2. The Hall–Kier alpha value is -4.10. The SMILES string of the molecule is CC[C@H](c1nnnn1CCc1ccccc1)N(Cc1ccccc1)Cc1cc2c(C)cc(C)cc2[nH]c1=O. The van der Waals surface area contributed by atoms with Crippen molar-refractivity contribution >= 4 is 10.9 Å². The van der Waals surface area contributed by atoms with Crippen LogP contribution in [-0.2, 0) is 26.1 Å². The van der Waals surface area contributed by atoms with E-state index in [1.807, 2.05) is 48.0 Å². The molecule has 0 aliphatic rings. The lowest BCUT2D eigenvalue weighted by molar-refractivity contribution is 0.160. The van der Waals surface area contributed by atoms with Crippen LogP contribution in [0.1, 0.15) is 53.0 Å². The summed E-state index contributed by atoms with van der Waals surface area (Å²) in [6.07, 6.45) is 1.65. The van der Waals surface area contributed by atoms with Gasteiger partial charge in [0.2, 0.25) is 0 Å². The molecule has 0 aliphatic heterocycles. The van der Waals surface area contributed by atoms with Crippen molar-refractivity contribution in [1.29, 1.82) is 0 Å². The van der Waals surface area contributed by atoms with E-state index >= 15 is 0 Å². The fourth-order valence-electron chi connectivity index (χ4n) is 5.24. The van der Waals surface area contributed by atoms with Crippen molar-refractivity contribution < 1.29 is 0 Å². The highest BCUT2D eigenvalue weighted by molar-refractivity contribution is 5.83. The topological polar surface area (TPSA) is 79.7 Å². The van der Waals surface area contributed by atoms with Crippen LogP contribution in [0.4, 0.5) is 0 Å². The molecule has 0 saturated heterocycles. The van der Waals surface area contributed by atoms with Gasteiger partial charge < -0.3 is 4.98 Å². The van der Waals surface area contributed by atoms with Gasteiger partial charge in [0.25, 0.3) is 5.56 Å². The van der Waals surface area contributed by atoms with Gasteiger partial charge in [-0.05, 0) is 71.5 Å². The molecule has 7 nitrogen and oxygen atoms in total. The molecule has 0 aliphatic carbocycles. The van der Waals surface area contributed by atoms with Gasteiger partial charge in [-0.1, -0.05) is 73.7 Å². The Labute approximate surface area is 223 Å². The minimum absolute atomic E-state index is 0.0564. The summed E-state index contributed by atoms with van der Waals surface area (Å²) >= 11 is 0. The smallest absolute Gasteiger partial charge is 0.252 e. The van der Waals surface area contributed by atoms with Crippen molar-refractivity contribution in [2.45, 2.75) is 59.3 Å². The number of nitrogens with one attached hydrogen (secondary N) is 1. The molecular weight excluding hydrogens is 472 g/mol. The summed E-state index contributed by atoms with van der Waals surface area (Å²) in [5.74, 6) is 0.823. The van der Waals surface area contributed by atoms with Crippen molar-refractivity contribution in [2.75, 3.05) is 0 Å². The monoisotopic (exact) mass is 506 g/mol. The first kappa shape index (κ1) is 25.5. The number of nitrogens with zero attached hydrogens (tertiary/aromatic N) is 5. The largest absolute Gasteiger partial charge is 0.322 e. The summed E-state index contributed by atoms with van der Waals surface area (Å²) in [6, 6.07) is 26.9. The van der Waals surface area contributed by atoms with Crippen molar-refractivity contribution in [3.63, 3.8) is 0 Å². The zero-order chi connectivity index (χ0) is 26.5. The average Bonchev–Trinajstić information content (AvgIpc) is 3.38. The number of pyridine rings is 1. The fraction of sp³-hybridized carbons (Fsp3) is 0.290. The third-order valence-corrected chi connectivity index (χ3v) is 7.13. The van der Waals surface area contributed by atoms with Crippen LogP contribution in [0.5, 0.6) is 0 Å². The van der Waals surface area contributed by atoms with Crippen molar-refractivity contribution in [3.05, 3.63) is 123 Å². The van der Waals surface area contributed by atoms with Crippen molar-refractivity contribution in [3.8, 4) is 0 Å². The lowest BCUT2D eigenvalue weighted by Gasteiger charge is -2.30. The molecule has 5 aromatic rings. The van der Waals surface area contributed by atoms with Crippen LogP contribution in [0.15, 0.2) is 83.7 Å². The second-order valence-electron chi connectivity index (χ2n) is 9.98. The van der Waals surface area contributed by atoms with E-state index in [-0.39, 0.29) is 11.6 Å². The molecule has 0 bridgehead atoms. The predicted octanol–water partition coefficient (Wildman–Crippen LogP) is 5.53. The summed E-state index contributed by atoms with van der Waals surface area (Å²) in [6.45, 7) is 8.14. The zero-order valence-electron chi connectivity index (χ0n) is 22.3. The Morgan fingerprint density at radius 2 is 1.63 bits per heavy atom. The molecule has 194 valence electrons. The Morgan fingerprint density at radius 1 is 0.921 bits per heavy atom. The van der Waals surface area contributed by atoms with Gasteiger partial charge in [-0.3, -0.25) is 9.69 Å². The summed E-state index contributed by atoms with van der Waals surface area (Å²) in [7, 11) is 0. The van der Waals surface area contributed by atoms with E-state index in [2.05, 4.69) is 81.7 Å². The fourth-order valence-corrected chi connectivity index (χ4v) is 5.24. The molecule has 0 unspecified atom stereocenters. The standard InChI is InChI=1S/C31H34N6O/c1-4-29(30-33-34-35-37(30)16-15-24-11-7-5-8-12-24)36(20-25-13-9-6-10-14-25)21-26-19-27-23(3)17-22(2)18-28(27)32-31(26)38/h5-14,17-19,29H,4,15-16,20-21H2,1-3H3,(H,32,38)/t29-/m1/s1. The highest BCUT2D eigenvalue weighted by Gasteiger charge is 2.26. The first-order valence-corrected chi connectivity index (χ1v) is 13.2. The maximum absolute atomic E-state index is 13.2. The van der Waals surface area contributed by atoms with Crippen LogP contribution in [0.25, 0.3) is 10.9 Å². The molecule has 1 N–H and O–H groups in total. The lowest BCUT2D eigenvalue weighted by Crippen LogP contribution is -2.32. The molecule has 0 saturated carbocycles. The van der Waals surface area contributed by atoms with E-state index in [0.717, 1.165) is 46.3 Å². The molecule has 0 spiro atoms. The molecule has 5 rings (SSSR count). The quantitative estimate of drug-likeness (QED) is 0.270. The van der Waals surface area contributed by atoms with Crippen molar-refractivity contribution in [2.24, 2.45) is 0 Å². The van der Waals surface area contributed by atoms with E-state index in [1.165, 1.54) is 11.1 Å². The van der Waals surface area contributed by atoms with Crippen LogP contribution in [0.2, 0.25) is 0 Å². The average molecular weight is 507 g/mol. The number of benzene rings is 3. The maximum atomic E-state index is 13.2. The molecule has 7 heteroatoms. The Balaban J connectivity index is 1.49. The maximum Gasteiger partial charge on any atom is 0.252 e. The van der Waals surface area contributed by atoms with Gasteiger partial charge in [0.1, 0.15) is 0 Å². The molecule has 0 amide bonds. The number of fused-ring (bicyclic) bond motifs is 1. The van der Waals surface area contributed by atoms with E-state index in [1.54, 1.807) is 0 Å². The Bertz CT molecular complexity index is 1560. The Morgan fingerprint density at radius 3 is 2.34 bits per heavy atom. The third kappa shape index (κ3) is 5.73. The highest BCUT2D eigenvalue weighted by atomic mass is 16.1. The van der Waals surface area contributed by atoms with Crippen LogP contribution in [0.3, 0.4) is 0 Å². The molecule has 0 fully saturated rings. The van der Waals surface area contributed by atoms with E-state index in [0.29, 0.717) is 19.6 Å². The second kappa shape index (κ2) is 11.5. The van der Waals surface area contributed by atoms with Crippen molar-refractivity contribution in [1.82, 2.24) is 30.1 Å². The van der Waals surface area contributed by atoms with Gasteiger partial charge in [0.15, 0.2) is 5.82 Å². The molecule has 2 heterocycles. The molecular formula is C31H34N6O. The summed E-state index contributed by atoms with van der Waals surface area (Å²) in [5, 5.41) is 13.9. The summed E-state index contributed by atoms with van der Waals surface area (Å²) < 4.78 is 1.91. The second-order valence-corrected chi connectivity index (χ2v) is 9.98. The van der Waals surface area contributed by atoms with E-state index in [9.17, 15) is 4.79 Å².